The first kappa shape index (κ1) is 17.0. The maximum absolute atomic E-state index is 11.4. The SMILES string of the molecule is CCCCC(=O)N/N=C/c1ccc(N(CC)CC)cc1O. The summed E-state index contributed by atoms with van der Waals surface area (Å²) in [4.78, 5) is 13.6. The van der Waals surface area contributed by atoms with Crippen molar-refractivity contribution in [3.05, 3.63) is 23.8 Å². The summed E-state index contributed by atoms with van der Waals surface area (Å²) in [5.74, 6) is 0.0540. The van der Waals surface area contributed by atoms with Crippen LogP contribution in [0.5, 0.6) is 5.75 Å². The Balaban J connectivity index is 2.66. The van der Waals surface area contributed by atoms with Gasteiger partial charge in [-0.15, -0.1) is 0 Å². The molecule has 0 saturated carbocycles. The third-order valence-electron chi connectivity index (χ3n) is 3.29. The van der Waals surface area contributed by atoms with Gasteiger partial charge in [-0.05, 0) is 32.4 Å². The molecular formula is C16H25N3O2. The van der Waals surface area contributed by atoms with E-state index in [2.05, 4.69) is 29.3 Å². The first-order valence-electron chi connectivity index (χ1n) is 7.52. The molecule has 0 radical (unpaired) electrons. The number of phenols is 1. The van der Waals surface area contributed by atoms with Gasteiger partial charge in [-0.25, -0.2) is 5.43 Å². The van der Waals surface area contributed by atoms with E-state index >= 15 is 0 Å². The number of aromatic hydroxyl groups is 1. The average molecular weight is 291 g/mol. The number of amides is 1. The second-order valence-corrected chi connectivity index (χ2v) is 4.81. The Morgan fingerprint density at radius 3 is 2.62 bits per heavy atom. The van der Waals surface area contributed by atoms with Crippen LogP contribution in [0.1, 0.15) is 45.6 Å². The molecule has 0 aromatic heterocycles. The van der Waals surface area contributed by atoms with Gasteiger partial charge in [-0.3, -0.25) is 4.79 Å². The number of benzene rings is 1. The summed E-state index contributed by atoms with van der Waals surface area (Å²) in [5.41, 5.74) is 4.02. The molecule has 1 aromatic carbocycles. The Hall–Kier alpha value is -2.04. The van der Waals surface area contributed by atoms with E-state index in [9.17, 15) is 9.90 Å². The standard InChI is InChI=1S/C16H25N3O2/c1-4-7-8-16(21)18-17-12-13-9-10-14(11-15(13)20)19(5-2)6-3/h9-12,20H,4-8H2,1-3H3,(H,18,21)/b17-12+. The predicted octanol–water partition coefficient (Wildman–Crippen LogP) is 2.88. The molecule has 0 atom stereocenters. The molecule has 0 saturated heterocycles. The van der Waals surface area contributed by atoms with Crippen molar-refractivity contribution in [1.29, 1.82) is 0 Å². The monoisotopic (exact) mass is 291 g/mol. The predicted molar refractivity (Wildman–Crippen MR) is 86.9 cm³/mol. The fourth-order valence-electron chi connectivity index (χ4n) is 1.99. The Bertz CT molecular complexity index is 482. The van der Waals surface area contributed by atoms with E-state index < -0.39 is 0 Å². The Morgan fingerprint density at radius 1 is 1.33 bits per heavy atom. The van der Waals surface area contributed by atoms with Crippen LogP contribution in [0.3, 0.4) is 0 Å². The molecule has 0 unspecified atom stereocenters. The van der Waals surface area contributed by atoms with Crippen molar-refractivity contribution in [2.24, 2.45) is 5.10 Å². The number of nitrogens with one attached hydrogen (secondary N) is 1. The summed E-state index contributed by atoms with van der Waals surface area (Å²) < 4.78 is 0. The highest BCUT2D eigenvalue weighted by Gasteiger charge is 2.05. The van der Waals surface area contributed by atoms with E-state index in [1.54, 1.807) is 12.1 Å². The van der Waals surface area contributed by atoms with Gasteiger partial charge in [0.1, 0.15) is 5.75 Å². The zero-order valence-electron chi connectivity index (χ0n) is 13.1. The van der Waals surface area contributed by atoms with Gasteiger partial charge < -0.3 is 10.0 Å². The molecule has 1 amide bonds. The lowest BCUT2D eigenvalue weighted by atomic mass is 10.2. The minimum absolute atomic E-state index is 0.104. The number of hydrogen-bond acceptors (Lipinski definition) is 4. The summed E-state index contributed by atoms with van der Waals surface area (Å²) in [5, 5.41) is 13.9. The molecule has 5 heteroatoms. The number of carbonyl (C=O) groups is 1. The number of unbranched alkanes of at least 4 members (excludes halogenated alkanes) is 1. The van der Waals surface area contributed by atoms with Gasteiger partial charge in [0, 0.05) is 36.8 Å². The van der Waals surface area contributed by atoms with Crippen molar-refractivity contribution >= 4 is 17.8 Å². The van der Waals surface area contributed by atoms with Crippen LogP contribution < -0.4 is 10.3 Å². The Kier molecular flexibility index (Phi) is 7.29. The lowest BCUT2D eigenvalue weighted by Crippen LogP contribution is -2.21. The zero-order valence-corrected chi connectivity index (χ0v) is 13.1. The minimum Gasteiger partial charge on any atom is -0.507 e. The number of phenolic OH excluding ortho intramolecular Hbond substituents is 1. The molecule has 0 fully saturated rings. The highest BCUT2D eigenvalue weighted by molar-refractivity contribution is 5.86. The van der Waals surface area contributed by atoms with Gasteiger partial charge in [-0.2, -0.15) is 5.10 Å². The maximum Gasteiger partial charge on any atom is 0.240 e. The number of rotatable bonds is 8. The average Bonchev–Trinajstić information content (AvgIpc) is 2.48. The third-order valence-corrected chi connectivity index (χ3v) is 3.29. The summed E-state index contributed by atoms with van der Waals surface area (Å²) in [6.45, 7) is 7.95. The lowest BCUT2D eigenvalue weighted by molar-refractivity contribution is -0.121. The third kappa shape index (κ3) is 5.45. The van der Waals surface area contributed by atoms with E-state index in [0.717, 1.165) is 31.6 Å². The van der Waals surface area contributed by atoms with Gasteiger partial charge in [0.05, 0.1) is 6.21 Å². The van der Waals surface area contributed by atoms with Gasteiger partial charge in [-0.1, -0.05) is 13.3 Å². The van der Waals surface area contributed by atoms with E-state index in [-0.39, 0.29) is 11.7 Å². The molecule has 0 heterocycles. The van der Waals surface area contributed by atoms with E-state index in [0.29, 0.717) is 12.0 Å². The van der Waals surface area contributed by atoms with Crippen LogP contribution in [0.4, 0.5) is 5.69 Å². The van der Waals surface area contributed by atoms with Crippen molar-refractivity contribution < 1.29 is 9.90 Å². The van der Waals surface area contributed by atoms with Crippen molar-refractivity contribution in [3.63, 3.8) is 0 Å². The van der Waals surface area contributed by atoms with E-state index in [1.807, 2.05) is 13.0 Å². The molecule has 0 aliphatic heterocycles. The smallest absolute Gasteiger partial charge is 0.240 e. The van der Waals surface area contributed by atoms with Gasteiger partial charge >= 0.3 is 0 Å². The normalized spacial score (nSPS) is 10.8. The lowest BCUT2D eigenvalue weighted by Gasteiger charge is -2.21. The van der Waals surface area contributed by atoms with Crippen molar-refractivity contribution in [1.82, 2.24) is 5.43 Å². The fourth-order valence-corrected chi connectivity index (χ4v) is 1.99. The molecule has 0 aliphatic carbocycles. The summed E-state index contributed by atoms with van der Waals surface area (Å²) in [6, 6.07) is 5.45. The Labute approximate surface area is 126 Å². The molecule has 0 spiro atoms. The molecule has 0 aliphatic rings. The molecule has 5 nitrogen and oxygen atoms in total. The number of hydrazone groups is 1. The molecule has 1 aromatic rings. The molecular weight excluding hydrogens is 266 g/mol. The summed E-state index contributed by atoms with van der Waals surface area (Å²) >= 11 is 0. The van der Waals surface area contributed by atoms with Gasteiger partial charge in [0.15, 0.2) is 0 Å². The molecule has 2 N–H and O–H groups in total. The maximum atomic E-state index is 11.4. The minimum atomic E-state index is -0.104. The van der Waals surface area contributed by atoms with Crippen molar-refractivity contribution in [3.8, 4) is 5.75 Å². The summed E-state index contributed by atoms with van der Waals surface area (Å²) in [7, 11) is 0. The molecule has 0 bridgehead atoms. The second-order valence-electron chi connectivity index (χ2n) is 4.81. The fraction of sp³-hybridized carbons (Fsp3) is 0.500. The molecule has 116 valence electrons. The van der Waals surface area contributed by atoms with Crippen LogP contribution in [0.15, 0.2) is 23.3 Å². The second kappa shape index (κ2) is 9.00. The highest BCUT2D eigenvalue weighted by atomic mass is 16.3. The highest BCUT2D eigenvalue weighted by Crippen LogP contribution is 2.23. The quantitative estimate of drug-likeness (QED) is 0.572. The van der Waals surface area contributed by atoms with Crippen LogP contribution in [0.2, 0.25) is 0 Å². The van der Waals surface area contributed by atoms with Crippen molar-refractivity contribution in [2.75, 3.05) is 18.0 Å². The molecule has 1 rings (SSSR count). The molecule has 21 heavy (non-hydrogen) atoms. The van der Waals surface area contributed by atoms with Crippen LogP contribution in [0, 0.1) is 0 Å². The first-order valence-corrected chi connectivity index (χ1v) is 7.52. The van der Waals surface area contributed by atoms with Crippen LogP contribution in [0.25, 0.3) is 0 Å². The van der Waals surface area contributed by atoms with Gasteiger partial charge in [0.2, 0.25) is 5.91 Å². The number of nitrogens with zero attached hydrogens (tertiary/aromatic N) is 2. The van der Waals surface area contributed by atoms with Crippen LogP contribution in [-0.4, -0.2) is 30.3 Å². The van der Waals surface area contributed by atoms with Crippen molar-refractivity contribution in [2.45, 2.75) is 40.0 Å². The van der Waals surface area contributed by atoms with E-state index in [1.165, 1.54) is 6.21 Å². The largest absolute Gasteiger partial charge is 0.507 e. The Morgan fingerprint density at radius 2 is 2.05 bits per heavy atom. The zero-order chi connectivity index (χ0) is 15.7. The van der Waals surface area contributed by atoms with E-state index in [4.69, 9.17) is 0 Å². The van der Waals surface area contributed by atoms with Crippen LogP contribution in [-0.2, 0) is 4.79 Å². The van der Waals surface area contributed by atoms with Crippen LogP contribution >= 0.6 is 0 Å². The first-order chi connectivity index (χ1) is 10.1. The number of anilines is 1. The number of hydrogen-bond donors (Lipinski definition) is 2. The topological polar surface area (TPSA) is 64.9 Å². The summed E-state index contributed by atoms with van der Waals surface area (Å²) in [6.07, 6.45) is 3.77. The number of carbonyl (C=O) groups excluding carboxylic acids is 1. The van der Waals surface area contributed by atoms with Gasteiger partial charge in [0.25, 0.3) is 0 Å².